The fourth-order valence-electron chi connectivity index (χ4n) is 4.61. The Balaban J connectivity index is 1.66. The number of thioether (sulfide) groups is 1. The Labute approximate surface area is 183 Å². The van der Waals surface area contributed by atoms with Gasteiger partial charge in [0.25, 0.3) is 11.8 Å². The van der Waals surface area contributed by atoms with E-state index in [1.165, 1.54) is 4.90 Å². The minimum Gasteiger partial charge on any atom is -0.286 e. The molecule has 2 aliphatic heterocycles. The van der Waals surface area contributed by atoms with E-state index in [0.717, 1.165) is 31.0 Å². The van der Waals surface area contributed by atoms with Crippen molar-refractivity contribution in [3.05, 3.63) is 35.4 Å². The third-order valence-corrected chi connectivity index (χ3v) is 6.76. The number of rotatable bonds is 7. The highest BCUT2D eigenvalue weighted by atomic mass is 32.2. The Morgan fingerprint density at radius 2 is 1.60 bits per heavy atom. The molecule has 7 heteroatoms. The molecule has 164 valence electrons. The summed E-state index contributed by atoms with van der Waals surface area (Å²) < 4.78 is 0. The molecule has 1 atom stereocenters. The Kier molecular flexibility index (Phi) is 6.75. The van der Waals surface area contributed by atoms with Gasteiger partial charge < -0.3 is 0 Å². The minimum absolute atomic E-state index is 0.0328. The molecule has 1 fully saturated rings. The Morgan fingerprint density at radius 1 is 1.07 bits per heavy atom. The van der Waals surface area contributed by atoms with E-state index in [4.69, 9.17) is 4.84 Å². The maximum Gasteiger partial charge on any atom is 0.261 e. The molecule has 0 bridgehead atoms. The lowest BCUT2D eigenvalue weighted by Gasteiger charge is -2.52. The van der Waals surface area contributed by atoms with Gasteiger partial charge in [0.15, 0.2) is 0 Å². The standard InChI is InChI=1S/C23H32N2O4S/c1-22(2)13-9-14-23(3,4)25(22)29-18(21(28)30-5)12-8-15-24-19(26)16-10-6-7-11-17(16)20(24)27/h6-7,10-11,18H,8-9,12-15H2,1-5H3/t18-/m1/s1. The van der Waals surface area contributed by atoms with Gasteiger partial charge in [-0.05, 0) is 78.2 Å². The summed E-state index contributed by atoms with van der Waals surface area (Å²) in [6.45, 7) is 8.86. The van der Waals surface area contributed by atoms with Crippen LogP contribution in [0.5, 0.6) is 0 Å². The molecule has 3 rings (SSSR count). The lowest BCUT2D eigenvalue weighted by atomic mass is 9.82. The number of imide groups is 1. The fraction of sp³-hybridized carbons (Fsp3) is 0.609. The quantitative estimate of drug-likeness (QED) is 0.599. The van der Waals surface area contributed by atoms with Gasteiger partial charge in [-0.15, -0.1) is 0 Å². The fourth-order valence-corrected chi connectivity index (χ4v) is 5.03. The van der Waals surface area contributed by atoms with Crippen molar-refractivity contribution in [3.63, 3.8) is 0 Å². The van der Waals surface area contributed by atoms with Gasteiger partial charge in [-0.2, -0.15) is 5.06 Å². The average Bonchev–Trinajstić information content (AvgIpc) is 2.93. The first-order chi connectivity index (χ1) is 14.1. The number of amides is 2. The van der Waals surface area contributed by atoms with Crippen molar-refractivity contribution in [2.75, 3.05) is 12.8 Å². The van der Waals surface area contributed by atoms with E-state index in [1.807, 2.05) is 5.06 Å². The van der Waals surface area contributed by atoms with Crippen molar-refractivity contribution in [2.45, 2.75) is 77.0 Å². The SMILES string of the molecule is CSC(=O)[C@@H](CCCN1C(=O)c2ccccc2C1=O)ON1C(C)(C)CCCC1(C)C. The first-order valence-corrected chi connectivity index (χ1v) is 11.8. The van der Waals surface area contributed by atoms with E-state index in [-0.39, 0.29) is 34.6 Å². The molecule has 2 heterocycles. The molecule has 2 amide bonds. The molecule has 0 saturated carbocycles. The van der Waals surface area contributed by atoms with E-state index in [9.17, 15) is 14.4 Å². The van der Waals surface area contributed by atoms with E-state index in [0.29, 0.717) is 24.0 Å². The molecule has 6 nitrogen and oxygen atoms in total. The van der Waals surface area contributed by atoms with Crippen LogP contribution in [-0.4, -0.2) is 56.9 Å². The molecular formula is C23H32N2O4S. The van der Waals surface area contributed by atoms with Gasteiger partial charge in [-0.1, -0.05) is 23.9 Å². The van der Waals surface area contributed by atoms with Crippen LogP contribution < -0.4 is 0 Å². The normalized spacial score (nSPS) is 21.6. The number of benzene rings is 1. The van der Waals surface area contributed by atoms with Crippen LogP contribution in [-0.2, 0) is 9.63 Å². The number of nitrogens with zero attached hydrogens (tertiary/aromatic N) is 2. The molecule has 0 spiro atoms. The van der Waals surface area contributed by atoms with Crippen LogP contribution >= 0.6 is 11.8 Å². The number of carbonyl (C=O) groups is 3. The monoisotopic (exact) mass is 432 g/mol. The highest BCUT2D eigenvalue weighted by Gasteiger charge is 2.44. The maximum absolute atomic E-state index is 12.6. The van der Waals surface area contributed by atoms with Crippen LogP contribution in [0.3, 0.4) is 0 Å². The van der Waals surface area contributed by atoms with E-state index in [2.05, 4.69) is 27.7 Å². The number of hydrogen-bond donors (Lipinski definition) is 0. The van der Waals surface area contributed by atoms with Gasteiger partial charge in [0, 0.05) is 17.6 Å². The van der Waals surface area contributed by atoms with Gasteiger partial charge in [0.05, 0.1) is 11.1 Å². The molecule has 1 aromatic rings. The van der Waals surface area contributed by atoms with Crippen molar-refractivity contribution in [3.8, 4) is 0 Å². The van der Waals surface area contributed by atoms with Crippen molar-refractivity contribution in [1.82, 2.24) is 9.96 Å². The summed E-state index contributed by atoms with van der Waals surface area (Å²) in [5.74, 6) is -0.523. The zero-order valence-corrected chi connectivity index (χ0v) is 19.4. The third-order valence-electron chi connectivity index (χ3n) is 6.10. The molecule has 0 N–H and O–H groups in total. The predicted octanol–water partition coefficient (Wildman–Crippen LogP) is 4.30. The number of carbonyl (C=O) groups excluding carboxylic acids is 3. The van der Waals surface area contributed by atoms with Crippen molar-refractivity contribution in [2.24, 2.45) is 0 Å². The van der Waals surface area contributed by atoms with Gasteiger partial charge in [-0.25, -0.2) is 0 Å². The minimum atomic E-state index is -0.605. The second-order valence-electron chi connectivity index (χ2n) is 9.34. The molecule has 0 aliphatic carbocycles. The van der Waals surface area contributed by atoms with Gasteiger partial charge >= 0.3 is 0 Å². The number of hydroxylamine groups is 2. The molecule has 0 radical (unpaired) electrons. The number of hydrogen-bond acceptors (Lipinski definition) is 6. The first kappa shape index (κ1) is 23.0. The Hall–Kier alpha value is -1.70. The molecule has 1 saturated heterocycles. The van der Waals surface area contributed by atoms with Crippen LogP contribution in [0.1, 0.15) is 80.5 Å². The van der Waals surface area contributed by atoms with Crippen molar-refractivity contribution in [1.29, 1.82) is 0 Å². The zero-order chi connectivity index (χ0) is 22.1. The third kappa shape index (κ3) is 4.48. The van der Waals surface area contributed by atoms with E-state index in [1.54, 1.807) is 30.5 Å². The number of fused-ring (bicyclic) bond motifs is 1. The summed E-state index contributed by atoms with van der Waals surface area (Å²) in [5.41, 5.74) is 0.571. The number of piperidine rings is 1. The highest BCUT2D eigenvalue weighted by Crippen LogP contribution is 2.39. The summed E-state index contributed by atoms with van der Waals surface area (Å²) >= 11 is 1.16. The first-order valence-electron chi connectivity index (χ1n) is 10.6. The lowest BCUT2D eigenvalue weighted by Crippen LogP contribution is -2.59. The summed E-state index contributed by atoms with van der Waals surface area (Å²) in [6.07, 6.45) is 5.26. The Bertz CT molecular complexity index is 785. The maximum atomic E-state index is 12.6. The van der Waals surface area contributed by atoms with Gasteiger partial charge in [-0.3, -0.25) is 24.1 Å². The molecule has 0 unspecified atom stereocenters. The molecule has 1 aromatic carbocycles. The van der Waals surface area contributed by atoms with Crippen LogP contribution in [0.25, 0.3) is 0 Å². The second-order valence-corrected chi connectivity index (χ2v) is 10.2. The van der Waals surface area contributed by atoms with E-state index < -0.39 is 6.10 Å². The molecule has 30 heavy (non-hydrogen) atoms. The van der Waals surface area contributed by atoms with Crippen molar-refractivity contribution < 1.29 is 19.2 Å². The smallest absolute Gasteiger partial charge is 0.261 e. The predicted molar refractivity (Wildman–Crippen MR) is 118 cm³/mol. The van der Waals surface area contributed by atoms with Crippen LogP contribution in [0.2, 0.25) is 0 Å². The topological polar surface area (TPSA) is 66.9 Å². The summed E-state index contributed by atoms with van der Waals surface area (Å²) in [6, 6.07) is 6.88. The van der Waals surface area contributed by atoms with Crippen LogP contribution in [0.4, 0.5) is 0 Å². The van der Waals surface area contributed by atoms with Crippen molar-refractivity contribution >= 4 is 28.7 Å². The summed E-state index contributed by atoms with van der Waals surface area (Å²) in [4.78, 5) is 45.3. The Morgan fingerprint density at radius 3 is 2.10 bits per heavy atom. The molecule has 2 aliphatic rings. The van der Waals surface area contributed by atoms with Gasteiger partial charge in [0.2, 0.25) is 5.12 Å². The summed E-state index contributed by atoms with van der Waals surface area (Å²) in [5, 5.41) is 1.97. The highest BCUT2D eigenvalue weighted by molar-refractivity contribution is 8.13. The molecular weight excluding hydrogens is 400 g/mol. The molecule has 0 aromatic heterocycles. The van der Waals surface area contributed by atoms with E-state index >= 15 is 0 Å². The summed E-state index contributed by atoms with van der Waals surface area (Å²) in [7, 11) is 0. The average molecular weight is 433 g/mol. The van der Waals surface area contributed by atoms with Crippen LogP contribution in [0, 0.1) is 0 Å². The largest absolute Gasteiger partial charge is 0.286 e. The van der Waals surface area contributed by atoms with Crippen LogP contribution in [0.15, 0.2) is 24.3 Å². The zero-order valence-electron chi connectivity index (χ0n) is 18.6. The second kappa shape index (κ2) is 8.81. The lowest BCUT2D eigenvalue weighted by molar-refractivity contribution is -0.297. The van der Waals surface area contributed by atoms with Gasteiger partial charge in [0.1, 0.15) is 6.10 Å².